The molecule has 4 aromatic rings. The van der Waals surface area contributed by atoms with Crippen LogP contribution in [0.15, 0.2) is 53.7 Å². The topological polar surface area (TPSA) is 108 Å². The predicted octanol–water partition coefficient (Wildman–Crippen LogP) is 2.92. The van der Waals surface area contributed by atoms with Gasteiger partial charge in [-0.3, -0.25) is 9.98 Å². The number of hydrogen-bond acceptors (Lipinski definition) is 7. The second-order valence-electron chi connectivity index (χ2n) is 7.16. The van der Waals surface area contributed by atoms with E-state index < -0.39 is 0 Å². The minimum absolute atomic E-state index is 0.200. The lowest BCUT2D eigenvalue weighted by Crippen LogP contribution is -2.03. The van der Waals surface area contributed by atoms with Crippen molar-refractivity contribution in [3.63, 3.8) is 0 Å². The van der Waals surface area contributed by atoms with E-state index in [1.807, 2.05) is 48.8 Å². The number of aliphatic imine (C=N–C) groups is 1. The van der Waals surface area contributed by atoms with Gasteiger partial charge in [0.25, 0.3) is 0 Å². The fourth-order valence-corrected chi connectivity index (χ4v) is 3.49. The van der Waals surface area contributed by atoms with Crippen LogP contribution < -0.4 is 5.73 Å². The summed E-state index contributed by atoms with van der Waals surface area (Å²) in [5, 5.41) is 8.51. The van der Waals surface area contributed by atoms with Gasteiger partial charge in [0, 0.05) is 17.5 Å². The Labute approximate surface area is 173 Å². The number of nitrogen functional groups attached to an aromatic ring is 1. The molecule has 1 aliphatic rings. The lowest BCUT2D eigenvalue weighted by Gasteiger charge is -2.06. The summed E-state index contributed by atoms with van der Waals surface area (Å²) in [4.78, 5) is 17.7. The van der Waals surface area contributed by atoms with Crippen molar-refractivity contribution >= 4 is 12.2 Å². The van der Waals surface area contributed by atoms with Crippen LogP contribution in [0.4, 0.5) is 5.95 Å². The second-order valence-corrected chi connectivity index (χ2v) is 7.16. The van der Waals surface area contributed by atoms with Gasteiger partial charge in [-0.2, -0.15) is 0 Å². The molecule has 0 aliphatic carbocycles. The first-order chi connectivity index (χ1) is 14.7. The first kappa shape index (κ1) is 18.1. The largest absolute Gasteiger partial charge is 0.368 e. The van der Waals surface area contributed by atoms with Gasteiger partial charge in [-0.25, -0.2) is 14.6 Å². The van der Waals surface area contributed by atoms with Gasteiger partial charge in [0.1, 0.15) is 5.69 Å². The molecule has 0 saturated heterocycles. The first-order valence-corrected chi connectivity index (χ1v) is 9.81. The van der Waals surface area contributed by atoms with Crippen molar-refractivity contribution < 1.29 is 0 Å². The monoisotopic (exact) mass is 396 g/mol. The highest BCUT2D eigenvalue weighted by atomic mass is 15.4. The van der Waals surface area contributed by atoms with Crippen LogP contribution in [-0.4, -0.2) is 36.2 Å². The molecular formula is C22H20N8. The lowest BCUT2D eigenvalue weighted by molar-refractivity contribution is 0.636. The van der Waals surface area contributed by atoms with Gasteiger partial charge in [-0.05, 0) is 41.8 Å². The Hall–Kier alpha value is -3.94. The van der Waals surface area contributed by atoms with Crippen molar-refractivity contribution in [2.75, 3.05) is 5.73 Å². The Balaban J connectivity index is 1.44. The van der Waals surface area contributed by atoms with Crippen LogP contribution in [0.25, 0.3) is 22.6 Å². The number of pyridine rings is 1. The molecule has 0 amide bonds. The van der Waals surface area contributed by atoms with Crippen molar-refractivity contribution in [1.29, 1.82) is 0 Å². The van der Waals surface area contributed by atoms with E-state index in [1.54, 1.807) is 4.68 Å². The van der Waals surface area contributed by atoms with E-state index in [2.05, 4.69) is 43.2 Å². The van der Waals surface area contributed by atoms with E-state index in [9.17, 15) is 0 Å². The smallest absolute Gasteiger partial charge is 0.221 e. The third kappa shape index (κ3) is 3.55. The fraction of sp³-hybridized carbons (Fsp3) is 0.182. The molecule has 5 rings (SSSR count). The number of nitrogens with two attached hydrogens (primary N) is 1. The maximum Gasteiger partial charge on any atom is 0.221 e. The van der Waals surface area contributed by atoms with Crippen LogP contribution in [0.3, 0.4) is 0 Å². The highest BCUT2D eigenvalue weighted by molar-refractivity contribution is 5.85. The third-order valence-corrected chi connectivity index (χ3v) is 5.03. The summed E-state index contributed by atoms with van der Waals surface area (Å²) in [6.07, 6.45) is 4.64. The van der Waals surface area contributed by atoms with E-state index in [0.717, 1.165) is 34.6 Å². The molecule has 8 nitrogen and oxygen atoms in total. The molecule has 4 heterocycles. The normalized spacial score (nSPS) is 12.3. The van der Waals surface area contributed by atoms with Crippen molar-refractivity contribution in [1.82, 2.24) is 29.9 Å². The minimum atomic E-state index is 0.200. The Morgan fingerprint density at radius 3 is 2.73 bits per heavy atom. The molecule has 30 heavy (non-hydrogen) atoms. The number of hydrogen-bond donors (Lipinski definition) is 1. The van der Waals surface area contributed by atoms with Gasteiger partial charge in [0.2, 0.25) is 5.95 Å². The molecule has 0 unspecified atom stereocenters. The fourth-order valence-electron chi connectivity index (χ4n) is 3.49. The number of nitrogens with zero attached hydrogens (tertiary/aromatic N) is 7. The lowest BCUT2D eigenvalue weighted by atomic mass is 10.0. The van der Waals surface area contributed by atoms with Crippen molar-refractivity contribution in [3.05, 3.63) is 71.2 Å². The van der Waals surface area contributed by atoms with Crippen LogP contribution in [0.2, 0.25) is 0 Å². The molecule has 0 spiro atoms. The molecule has 0 fully saturated rings. The summed E-state index contributed by atoms with van der Waals surface area (Å²) >= 11 is 0. The average Bonchev–Trinajstić information content (AvgIpc) is 3.42. The maximum absolute atomic E-state index is 6.00. The highest BCUT2D eigenvalue weighted by Gasteiger charge is 2.13. The highest BCUT2D eigenvalue weighted by Crippen LogP contribution is 2.26. The van der Waals surface area contributed by atoms with Crippen molar-refractivity contribution in [2.45, 2.75) is 26.4 Å². The van der Waals surface area contributed by atoms with Crippen molar-refractivity contribution in [2.24, 2.45) is 4.99 Å². The van der Waals surface area contributed by atoms with Gasteiger partial charge in [-0.15, -0.1) is 5.10 Å². The maximum atomic E-state index is 6.00. The van der Waals surface area contributed by atoms with Crippen LogP contribution in [-0.2, 0) is 19.5 Å². The summed E-state index contributed by atoms with van der Waals surface area (Å²) in [6.45, 7) is 3.32. The Kier molecular flexibility index (Phi) is 4.51. The quantitative estimate of drug-likeness (QED) is 0.556. The third-order valence-electron chi connectivity index (χ3n) is 5.03. The van der Waals surface area contributed by atoms with Gasteiger partial charge >= 0.3 is 0 Å². The Bertz CT molecular complexity index is 1260. The van der Waals surface area contributed by atoms with E-state index in [0.29, 0.717) is 24.5 Å². The van der Waals surface area contributed by atoms with Crippen LogP contribution in [0, 0.1) is 0 Å². The van der Waals surface area contributed by atoms with Crippen LogP contribution >= 0.6 is 0 Å². The van der Waals surface area contributed by atoms with Crippen molar-refractivity contribution in [3.8, 4) is 22.6 Å². The standard InChI is InChI=1S/C22H20N8/c1-2-17-4-3-5-18(25-17)12-30-13-21(28-29-30)20-9-19(26-22(23)27-20)14-6-7-15-10-24-11-16(15)8-14/h3-10,13H,2,11-12H2,1H3,(H2,23,26,27). The molecule has 148 valence electrons. The minimum Gasteiger partial charge on any atom is -0.368 e. The Morgan fingerprint density at radius 2 is 1.83 bits per heavy atom. The molecule has 1 aromatic carbocycles. The summed E-state index contributed by atoms with van der Waals surface area (Å²) in [6, 6.07) is 14.1. The zero-order chi connectivity index (χ0) is 20.5. The molecule has 0 saturated carbocycles. The number of rotatable bonds is 5. The van der Waals surface area contributed by atoms with Gasteiger partial charge in [0.15, 0.2) is 0 Å². The Morgan fingerprint density at radius 1 is 0.967 bits per heavy atom. The zero-order valence-electron chi connectivity index (χ0n) is 16.5. The van der Waals surface area contributed by atoms with E-state index >= 15 is 0 Å². The number of anilines is 1. The summed E-state index contributed by atoms with van der Waals surface area (Å²) in [7, 11) is 0. The molecule has 2 N–H and O–H groups in total. The molecule has 0 radical (unpaired) electrons. The van der Waals surface area contributed by atoms with E-state index in [1.165, 1.54) is 5.56 Å². The molecule has 1 aliphatic heterocycles. The van der Waals surface area contributed by atoms with E-state index in [-0.39, 0.29) is 5.95 Å². The summed E-state index contributed by atoms with van der Waals surface area (Å²) < 4.78 is 1.75. The average molecular weight is 396 g/mol. The molecule has 0 atom stereocenters. The van der Waals surface area contributed by atoms with Gasteiger partial charge in [0.05, 0.1) is 36.4 Å². The summed E-state index contributed by atoms with van der Waals surface area (Å²) in [5.74, 6) is 0.200. The van der Waals surface area contributed by atoms with Gasteiger partial charge < -0.3 is 5.73 Å². The number of fused-ring (bicyclic) bond motifs is 1. The molecular weight excluding hydrogens is 376 g/mol. The first-order valence-electron chi connectivity index (χ1n) is 9.81. The SMILES string of the molecule is CCc1cccc(Cn2cc(-c3cc(-c4ccc5c(c4)CN=C5)nc(N)n3)nn2)n1. The zero-order valence-corrected chi connectivity index (χ0v) is 16.5. The van der Waals surface area contributed by atoms with Crippen LogP contribution in [0.1, 0.15) is 29.4 Å². The molecule has 0 bridgehead atoms. The number of benzene rings is 1. The number of aryl methyl sites for hydroxylation is 1. The van der Waals surface area contributed by atoms with Gasteiger partial charge in [-0.1, -0.05) is 30.3 Å². The predicted molar refractivity (Wildman–Crippen MR) is 115 cm³/mol. The molecule has 3 aromatic heterocycles. The summed E-state index contributed by atoms with van der Waals surface area (Å²) in [5.41, 5.74) is 13.3. The molecule has 8 heteroatoms. The van der Waals surface area contributed by atoms with Crippen LogP contribution in [0.5, 0.6) is 0 Å². The number of aromatic nitrogens is 6. The van der Waals surface area contributed by atoms with E-state index in [4.69, 9.17) is 5.73 Å². The second kappa shape index (κ2) is 7.47.